The molecule has 1 heterocycles. The maximum atomic E-state index is 4.84. The van der Waals surface area contributed by atoms with Crippen LogP contribution in [0.3, 0.4) is 0 Å². The Labute approximate surface area is 139 Å². The molecule has 0 aliphatic heterocycles. The van der Waals surface area contributed by atoms with Gasteiger partial charge < -0.3 is 0 Å². The van der Waals surface area contributed by atoms with Crippen molar-refractivity contribution in [2.75, 3.05) is 0 Å². The third-order valence-electron chi connectivity index (χ3n) is 3.85. The molecule has 0 saturated heterocycles. The minimum absolute atomic E-state index is 0.983. The van der Waals surface area contributed by atoms with E-state index in [1.807, 2.05) is 30.3 Å². The van der Waals surface area contributed by atoms with E-state index in [-0.39, 0.29) is 0 Å². The molecule has 0 amide bonds. The van der Waals surface area contributed by atoms with Crippen LogP contribution in [-0.4, -0.2) is 3.96 Å². The standard InChI is InChI=1S/C20H16N2S/c1-15-9-5-7-13-18(15)22-19-14-8-6-12-17(19)20(23-22)21-16-10-3-2-4-11-16/h2-14H,1H3. The molecule has 0 unspecified atom stereocenters. The highest BCUT2D eigenvalue weighted by Crippen LogP contribution is 2.23. The summed E-state index contributed by atoms with van der Waals surface area (Å²) in [5, 5.41) is 1.18. The quantitative estimate of drug-likeness (QED) is 0.481. The summed E-state index contributed by atoms with van der Waals surface area (Å²) >= 11 is 1.68. The lowest BCUT2D eigenvalue weighted by Gasteiger charge is -2.06. The second-order valence-electron chi connectivity index (χ2n) is 5.44. The summed E-state index contributed by atoms with van der Waals surface area (Å²) < 4.78 is 3.31. The van der Waals surface area contributed by atoms with Crippen LogP contribution in [0.2, 0.25) is 0 Å². The van der Waals surface area contributed by atoms with E-state index in [4.69, 9.17) is 4.99 Å². The molecule has 1 aromatic heterocycles. The second kappa shape index (κ2) is 5.86. The van der Waals surface area contributed by atoms with Gasteiger partial charge >= 0.3 is 0 Å². The summed E-state index contributed by atoms with van der Waals surface area (Å²) in [6.45, 7) is 2.14. The molecule has 0 aliphatic rings. The topological polar surface area (TPSA) is 17.3 Å². The van der Waals surface area contributed by atoms with Crippen LogP contribution < -0.4 is 4.67 Å². The van der Waals surface area contributed by atoms with Crippen LogP contribution in [0.1, 0.15) is 5.56 Å². The Kier molecular flexibility index (Phi) is 3.56. The van der Waals surface area contributed by atoms with Gasteiger partial charge in [-0.1, -0.05) is 48.5 Å². The van der Waals surface area contributed by atoms with Gasteiger partial charge in [0.15, 0.2) is 0 Å². The molecule has 0 N–H and O–H groups in total. The normalized spacial score (nSPS) is 12.0. The minimum atomic E-state index is 0.983. The highest BCUT2D eigenvalue weighted by atomic mass is 32.1. The van der Waals surface area contributed by atoms with Crippen LogP contribution in [0.15, 0.2) is 83.9 Å². The number of fused-ring (bicyclic) bond motifs is 1. The molecule has 0 bridgehead atoms. The molecule has 0 saturated carbocycles. The maximum absolute atomic E-state index is 4.84. The van der Waals surface area contributed by atoms with Crippen LogP contribution in [0, 0.1) is 6.92 Å². The first kappa shape index (κ1) is 14.0. The molecule has 3 aromatic carbocycles. The van der Waals surface area contributed by atoms with Gasteiger partial charge in [-0.15, -0.1) is 0 Å². The monoisotopic (exact) mass is 316 g/mol. The summed E-state index contributed by atoms with van der Waals surface area (Å²) in [7, 11) is 0. The van der Waals surface area contributed by atoms with Crippen molar-refractivity contribution in [3.8, 4) is 5.69 Å². The molecule has 2 nitrogen and oxygen atoms in total. The zero-order valence-corrected chi connectivity index (χ0v) is 13.6. The number of benzene rings is 3. The van der Waals surface area contributed by atoms with E-state index >= 15 is 0 Å². The van der Waals surface area contributed by atoms with Crippen molar-refractivity contribution in [3.63, 3.8) is 0 Å². The minimum Gasteiger partial charge on any atom is -0.264 e. The van der Waals surface area contributed by atoms with E-state index in [1.165, 1.54) is 22.2 Å². The molecule has 0 radical (unpaired) electrons. The van der Waals surface area contributed by atoms with Crippen molar-refractivity contribution < 1.29 is 0 Å². The van der Waals surface area contributed by atoms with Crippen LogP contribution in [-0.2, 0) is 0 Å². The first-order chi connectivity index (χ1) is 11.3. The number of aryl methyl sites for hydroxylation is 1. The number of aromatic nitrogens is 1. The van der Waals surface area contributed by atoms with Crippen molar-refractivity contribution in [2.45, 2.75) is 6.92 Å². The van der Waals surface area contributed by atoms with Gasteiger partial charge in [0.25, 0.3) is 0 Å². The van der Waals surface area contributed by atoms with Gasteiger partial charge in [0.2, 0.25) is 0 Å². The lowest BCUT2D eigenvalue weighted by atomic mass is 10.2. The van der Waals surface area contributed by atoms with Crippen molar-refractivity contribution in [1.29, 1.82) is 0 Å². The SMILES string of the molecule is Cc1ccccc1-n1sc(=Nc2ccccc2)c2ccccc21. The Morgan fingerprint density at radius 1 is 0.783 bits per heavy atom. The van der Waals surface area contributed by atoms with E-state index in [0.29, 0.717) is 0 Å². The molecule has 112 valence electrons. The molecule has 0 atom stereocenters. The van der Waals surface area contributed by atoms with Gasteiger partial charge in [-0.05, 0) is 54.4 Å². The van der Waals surface area contributed by atoms with Crippen molar-refractivity contribution in [2.24, 2.45) is 4.99 Å². The van der Waals surface area contributed by atoms with Crippen molar-refractivity contribution >= 4 is 28.1 Å². The predicted octanol–water partition coefficient (Wildman–Crippen LogP) is 5.23. The predicted molar refractivity (Wildman–Crippen MR) is 97.6 cm³/mol. The Bertz CT molecular complexity index is 1030. The molecule has 0 spiro atoms. The summed E-state index contributed by atoms with van der Waals surface area (Å²) in [6.07, 6.45) is 0. The second-order valence-corrected chi connectivity index (χ2v) is 6.38. The number of hydrogen-bond donors (Lipinski definition) is 0. The first-order valence-corrected chi connectivity index (χ1v) is 8.37. The number of para-hydroxylation sites is 3. The van der Waals surface area contributed by atoms with E-state index < -0.39 is 0 Å². The summed E-state index contributed by atoms with van der Waals surface area (Å²) in [4.78, 5) is 4.84. The largest absolute Gasteiger partial charge is 0.264 e. The molecule has 3 heteroatoms. The van der Waals surface area contributed by atoms with Crippen molar-refractivity contribution in [3.05, 3.63) is 89.1 Å². The molecule has 0 fully saturated rings. The molecule has 0 aliphatic carbocycles. The smallest absolute Gasteiger partial charge is 0.143 e. The van der Waals surface area contributed by atoms with Gasteiger partial charge in [0, 0.05) is 5.39 Å². The van der Waals surface area contributed by atoms with Gasteiger partial charge in [-0.2, -0.15) is 0 Å². The zero-order chi connectivity index (χ0) is 15.6. The van der Waals surface area contributed by atoms with E-state index in [0.717, 1.165) is 10.4 Å². The average molecular weight is 316 g/mol. The highest BCUT2D eigenvalue weighted by Gasteiger charge is 2.08. The first-order valence-electron chi connectivity index (χ1n) is 7.60. The third kappa shape index (κ3) is 2.60. The summed E-state index contributed by atoms with van der Waals surface area (Å²) in [5.74, 6) is 0. The van der Waals surface area contributed by atoms with Gasteiger partial charge in [-0.25, -0.2) is 4.99 Å². The van der Waals surface area contributed by atoms with Crippen LogP contribution in [0.4, 0.5) is 5.69 Å². The third-order valence-corrected chi connectivity index (χ3v) is 4.91. The lowest BCUT2D eigenvalue weighted by molar-refractivity contribution is 1.21. The van der Waals surface area contributed by atoms with E-state index in [9.17, 15) is 0 Å². The van der Waals surface area contributed by atoms with Crippen LogP contribution in [0.5, 0.6) is 0 Å². The Hall–Kier alpha value is -2.65. The van der Waals surface area contributed by atoms with Gasteiger partial charge in [0.1, 0.15) is 4.67 Å². The maximum Gasteiger partial charge on any atom is 0.143 e. The Balaban J connectivity index is 2.02. The zero-order valence-electron chi connectivity index (χ0n) is 12.8. The fourth-order valence-electron chi connectivity index (χ4n) is 2.69. The van der Waals surface area contributed by atoms with Gasteiger partial charge in [-0.3, -0.25) is 3.96 Å². The highest BCUT2D eigenvalue weighted by molar-refractivity contribution is 7.05. The van der Waals surface area contributed by atoms with Gasteiger partial charge in [0.05, 0.1) is 16.9 Å². The fourth-order valence-corrected chi connectivity index (χ4v) is 3.84. The lowest BCUT2D eigenvalue weighted by Crippen LogP contribution is -1.93. The van der Waals surface area contributed by atoms with E-state index in [1.54, 1.807) is 11.5 Å². The van der Waals surface area contributed by atoms with Crippen LogP contribution in [0.25, 0.3) is 16.6 Å². The van der Waals surface area contributed by atoms with Crippen molar-refractivity contribution in [1.82, 2.24) is 3.96 Å². The molecular weight excluding hydrogens is 300 g/mol. The van der Waals surface area contributed by atoms with Crippen LogP contribution >= 0.6 is 11.5 Å². The molecule has 23 heavy (non-hydrogen) atoms. The summed E-state index contributed by atoms with van der Waals surface area (Å²) in [5.41, 5.74) is 4.65. The Morgan fingerprint density at radius 2 is 1.48 bits per heavy atom. The number of nitrogens with zero attached hydrogens (tertiary/aromatic N) is 2. The molecular formula is C20H16N2S. The molecule has 4 aromatic rings. The van der Waals surface area contributed by atoms with E-state index in [2.05, 4.69) is 59.4 Å². The number of rotatable bonds is 2. The number of hydrogen-bond acceptors (Lipinski definition) is 2. The average Bonchev–Trinajstić information content (AvgIpc) is 2.95. The fraction of sp³-hybridized carbons (Fsp3) is 0.0500. The Morgan fingerprint density at radius 3 is 2.30 bits per heavy atom. The molecule has 4 rings (SSSR count). The summed E-state index contributed by atoms with van der Waals surface area (Å²) in [6, 6.07) is 27.0.